The van der Waals surface area contributed by atoms with E-state index in [1.54, 1.807) is 6.07 Å². The summed E-state index contributed by atoms with van der Waals surface area (Å²) < 4.78 is 0. The Morgan fingerprint density at radius 2 is 2.00 bits per heavy atom. The van der Waals surface area contributed by atoms with E-state index in [0.717, 1.165) is 23.2 Å². The molecule has 1 aromatic heterocycles. The van der Waals surface area contributed by atoms with Gasteiger partial charge in [-0.2, -0.15) is 0 Å². The van der Waals surface area contributed by atoms with Gasteiger partial charge >= 0.3 is 0 Å². The summed E-state index contributed by atoms with van der Waals surface area (Å²) in [6, 6.07) is 9.14. The van der Waals surface area contributed by atoms with Crippen molar-refractivity contribution in [1.29, 1.82) is 0 Å². The third-order valence-corrected chi connectivity index (χ3v) is 4.31. The minimum absolute atomic E-state index is 0.195. The van der Waals surface area contributed by atoms with Crippen molar-refractivity contribution < 1.29 is 4.79 Å². The zero-order valence-electron chi connectivity index (χ0n) is 12.0. The van der Waals surface area contributed by atoms with E-state index < -0.39 is 0 Å². The van der Waals surface area contributed by atoms with Gasteiger partial charge in [0.05, 0.1) is 0 Å². The van der Waals surface area contributed by atoms with E-state index in [9.17, 15) is 9.59 Å². The van der Waals surface area contributed by atoms with Crippen LogP contribution in [0.15, 0.2) is 35.1 Å². The minimum Gasteiger partial charge on any atom is -0.352 e. The fraction of sp³-hybridized carbons (Fsp3) is 0.412. The van der Waals surface area contributed by atoms with Crippen LogP contribution < -0.4 is 10.9 Å². The monoisotopic (exact) mass is 284 g/mol. The highest BCUT2D eigenvalue weighted by Gasteiger charge is 2.16. The van der Waals surface area contributed by atoms with Gasteiger partial charge in [-0.05, 0) is 29.9 Å². The number of H-pyrrole nitrogens is 1. The Bertz CT molecular complexity index is 699. The molecule has 1 aliphatic rings. The molecule has 4 nitrogen and oxygen atoms in total. The lowest BCUT2D eigenvalue weighted by Gasteiger charge is -2.10. The van der Waals surface area contributed by atoms with E-state index in [4.69, 9.17) is 0 Å². The van der Waals surface area contributed by atoms with E-state index in [1.165, 1.54) is 25.7 Å². The fourth-order valence-corrected chi connectivity index (χ4v) is 3.10. The zero-order valence-corrected chi connectivity index (χ0v) is 12.0. The van der Waals surface area contributed by atoms with Gasteiger partial charge in [-0.1, -0.05) is 43.9 Å². The smallest absolute Gasteiger partial charge is 0.261 e. The van der Waals surface area contributed by atoms with Crippen molar-refractivity contribution in [3.63, 3.8) is 0 Å². The second-order valence-electron chi connectivity index (χ2n) is 5.79. The van der Waals surface area contributed by atoms with Crippen molar-refractivity contribution >= 4 is 16.8 Å². The lowest BCUT2D eigenvalue weighted by Crippen LogP contribution is -2.30. The maximum Gasteiger partial charge on any atom is 0.261 e. The SMILES string of the molecule is O=C(NCCC1CCCC1)c1cc2ccccc2[nH]c1=O. The Morgan fingerprint density at radius 3 is 2.81 bits per heavy atom. The van der Waals surface area contributed by atoms with Crippen LogP contribution in [0.4, 0.5) is 0 Å². The molecule has 0 atom stereocenters. The van der Waals surface area contributed by atoms with Gasteiger partial charge in [0.15, 0.2) is 0 Å². The van der Waals surface area contributed by atoms with Crippen LogP contribution in [0.2, 0.25) is 0 Å². The van der Waals surface area contributed by atoms with E-state index in [0.29, 0.717) is 6.54 Å². The van der Waals surface area contributed by atoms with Gasteiger partial charge in [-0.25, -0.2) is 0 Å². The first-order chi connectivity index (χ1) is 10.2. The van der Waals surface area contributed by atoms with Gasteiger partial charge in [0.2, 0.25) is 0 Å². The molecule has 1 amide bonds. The van der Waals surface area contributed by atoms with Crippen LogP contribution in [-0.4, -0.2) is 17.4 Å². The minimum atomic E-state index is -0.327. The molecule has 3 rings (SSSR count). The number of nitrogens with one attached hydrogen (secondary N) is 2. The van der Waals surface area contributed by atoms with E-state index >= 15 is 0 Å². The predicted octanol–water partition coefficient (Wildman–Crippen LogP) is 2.84. The zero-order chi connectivity index (χ0) is 14.7. The number of benzene rings is 1. The molecular weight excluding hydrogens is 264 g/mol. The topological polar surface area (TPSA) is 62.0 Å². The molecule has 0 spiro atoms. The van der Waals surface area contributed by atoms with Crippen LogP contribution in [0.3, 0.4) is 0 Å². The second kappa shape index (κ2) is 6.12. The van der Waals surface area contributed by atoms with Crippen LogP contribution in [0.25, 0.3) is 10.9 Å². The standard InChI is InChI=1S/C17H20N2O2/c20-16(18-10-9-12-5-1-2-6-12)14-11-13-7-3-4-8-15(13)19-17(14)21/h3-4,7-8,11-12H,1-2,5-6,9-10H2,(H,18,20)(H,19,21). The molecule has 21 heavy (non-hydrogen) atoms. The molecule has 0 saturated heterocycles. The summed E-state index contributed by atoms with van der Waals surface area (Å²) in [6.45, 7) is 0.649. The van der Waals surface area contributed by atoms with Crippen molar-refractivity contribution in [2.75, 3.05) is 6.54 Å². The number of fused-ring (bicyclic) bond motifs is 1. The number of hydrogen-bond acceptors (Lipinski definition) is 2. The van der Waals surface area contributed by atoms with Gasteiger partial charge in [0, 0.05) is 12.1 Å². The summed E-state index contributed by atoms with van der Waals surface area (Å²) in [6.07, 6.45) is 6.17. The summed E-state index contributed by atoms with van der Waals surface area (Å²) in [5.74, 6) is 0.459. The summed E-state index contributed by atoms with van der Waals surface area (Å²) in [4.78, 5) is 26.9. The van der Waals surface area contributed by atoms with E-state index in [-0.39, 0.29) is 17.0 Å². The first-order valence-electron chi connectivity index (χ1n) is 7.64. The number of pyridine rings is 1. The number of aromatic amines is 1. The van der Waals surface area contributed by atoms with Crippen LogP contribution in [0.1, 0.15) is 42.5 Å². The molecule has 2 N–H and O–H groups in total. The average Bonchev–Trinajstić information content (AvgIpc) is 2.99. The van der Waals surface area contributed by atoms with Crippen molar-refractivity contribution in [2.45, 2.75) is 32.1 Å². The predicted molar refractivity (Wildman–Crippen MR) is 83.5 cm³/mol. The second-order valence-corrected chi connectivity index (χ2v) is 5.79. The maximum absolute atomic E-state index is 12.2. The normalized spacial score (nSPS) is 15.4. The molecule has 4 heteroatoms. The molecule has 1 saturated carbocycles. The number of hydrogen-bond donors (Lipinski definition) is 2. The highest BCUT2D eigenvalue weighted by Crippen LogP contribution is 2.26. The van der Waals surface area contributed by atoms with Crippen LogP contribution in [0.5, 0.6) is 0 Å². The fourth-order valence-electron chi connectivity index (χ4n) is 3.10. The van der Waals surface area contributed by atoms with Crippen LogP contribution >= 0.6 is 0 Å². The molecule has 1 aromatic carbocycles. The van der Waals surface area contributed by atoms with Crippen molar-refractivity contribution in [2.24, 2.45) is 5.92 Å². The summed E-state index contributed by atoms with van der Waals surface area (Å²) in [5.41, 5.74) is 0.622. The van der Waals surface area contributed by atoms with Crippen molar-refractivity contribution in [1.82, 2.24) is 10.3 Å². The number of carbonyl (C=O) groups excluding carboxylic acids is 1. The number of para-hydroxylation sites is 1. The molecule has 0 bridgehead atoms. The van der Waals surface area contributed by atoms with E-state index in [1.807, 2.05) is 24.3 Å². The Labute approximate surface area is 123 Å². The molecular formula is C17H20N2O2. The van der Waals surface area contributed by atoms with Crippen molar-refractivity contribution in [3.05, 3.63) is 46.2 Å². The first kappa shape index (κ1) is 13.9. The van der Waals surface area contributed by atoms with Crippen LogP contribution in [0, 0.1) is 5.92 Å². The van der Waals surface area contributed by atoms with E-state index in [2.05, 4.69) is 10.3 Å². The highest BCUT2D eigenvalue weighted by molar-refractivity contribution is 5.97. The largest absolute Gasteiger partial charge is 0.352 e. The molecule has 1 fully saturated rings. The van der Waals surface area contributed by atoms with Gasteiger partial charge in [-0.15, -0.1) is 0 Å². The summed E-state index contributed by atoms with van der Waals surface area (Å²) in [7, 11) is 0. The number of carbonyl (C=O) groups is 1. The Balaban J connectivity index is 1.68. The summed E-state index contributed by atoms with van der Waals surface area (Å²) in [5, 5.41) is 3.75. The number of aromatic nitrogens is 1. The van der Waals surface area contributed by atoms with Gasteiger partial charge in [0.25, 0.3) is 11.5 Å². The first-order valence-corrected chi connectivity index (χ1v) is 7.64. The molecule has 0 radical (unpaired) electrons. The molecule has 2 aromatic rings. The lowest BCUT2D eigenvalue weighted by molar-refractivity contribution is 0.0950. The molecule has 1 aliphatic carbocycles. The Kier molecular flexibility index (Phi) is 4.04. The molecule has 0 aliphatic heterocycles. The Hall–Kier alpha value is -2.10. The van der Waals surface area contributed by atoms with Gasteiger partial charge in [0.1, 0.15) is 5.56 Å². The average molecular weight is 284 g/mol. The van der Waals surface area contributed by atoms with Gasteiger partial charge in [-0.3, -0.25) is 9.59 Å². The number of amides is 1. The highest BCUT2D eigenvalue weighted by atomic mass is 16.2. The quantitative estimate of drug-likeness (QED) is 0.907. The molecule has 110 valence electrons. The Morgan fingerprint density at radius 1 is 1.24 bits per heavy atom. The maximum atomic E-state index is 12.2. The van der Waals surface area contributed by atoms with Gasteiger partial charge < -0.3 is 10.3 Å². The van der Waals surface area contributed by atoms with Crippen LogP contribution in [-0.2, 0) is 0 Å². The molecule has 0 unspecified atom stereocenters. The molecule has 1 heterocycles. The third kappa shape index (κ3) is 3.15. The number of rotatable bonds is 4. The lowest BCUT2D eigenvalue weighted by atomic mass is 10.0. The van der Waals surface area contributed by atoms with Crippen molar-refractivity contribution in [3.8, 4) is 0 Å². The third-order valence-electron chi connectivity index (χ3n) is 4.31. The summed E-state index contributed by atoms with van der Waals surface area (Å²) >= 11 is 0.